The van der Waals surface area contributed by atoms with Crippen LogP contribution in [0, 0.1) is 27.3 Å². The van der Waals surface area contributed by atoms with Gasteiger partial charge in [0.05, 0.1) is 0 Å². The van der Waals surface area contributed by atoms with Crippen molar-refractivity contribution in [3.05, 3.63) is 42.8 Å². The second-order valence-corrected chi connectivity index (χ2v) is 1.98. The van der Waals surface area contributed by atoms with Crippen molar-refractivity contribution in [1.29, 1.82) is 0 Å². The molecule has 0 aromatic heterocycles. The maximum absolute atomic E-state index is 3.10. The maximum atomic E-state index is 3.10. The molecular weight excluding hydrogens is 405 g/mol. The molecule has 1 aromatic carbocycles. The maximum Gasteiger partial charge on any atom is 0 e. The first-order chi connectivity index (χ1) is 4.80. The fraction of sp³-hybridized carbons (Fsp3) is 0.364. The van der Waals surface area contributed by atoms with Gasteiger partial charge in [0.25, 0.3) is 0 Å². The molecule has 0 aliphatic heterocycles. The zero-order valence-electron chi connectivity index (χ0n) is 9.22. The van der Waals surface area contributed by atoms with E-state index in [1.54, 1.807) is 0 Å². The second kappa shape index (κ2) is 15.5. The number of hydrogen-bond acceptors (Lipinski definition) is 0. The third-order valence-electron chi connectivity index (χ3n) is 1.33. The standard InChI is InChI=1S/C8H9.C2H6.CH3.W.Y/c1-7-5-3-4-6-8(7)2;1-2;;;/h3-5H,1-2H3;1-2H3;1H3;;/q-1;;-1;;. The summed E-state index contributed by atoms with van der Waals surface area (Å²) < 4.78 is 0. The van der Waals surface area contributed by atoms with E-state index in [1.165, 1.54) is 11.1 Å². The fourth-order valence-corrected chi connectivity index (χ4v) is 0.604. The van der Waals surface area contributed by atoms with Gasteiger partial charge in [-0.3, -0.25) is 0 Å². The Morgan fingerprint density at radius 3 is 1.85 bits per heavy atom. The number of rotatable bonds is 0. The van der Waals surface area contributed by atoms with Crippen molar-refractivity contribution in [3.63, 3.8) is 0 Å². The van der Waals surface area contributed by atoms with Crippen LogP contribution < -0.4 is 0 Å². The van der Waals surface area contributed by atoms with Gasteiger partial charge >= 0.3 is 0 Å². The summed E-state index contributed by atoms with van der Waals surface area (Å²) in [5, 5.41) is 0. The Kier molecular flexibility index (Phi) is 28.2. The molecule has 0 N–H and O–H groups in total. The summed E-state index contributed by atoms with van der Waals surface area (Å²) in [6, 6.07) is 9.12. The summed E-state index contributed by atoms with van der Waals surface area (Å²) in [4.78, 5) is 0. The number of aryl methyl sites for hydroxylation is 2. The van der Waals surface area contributed by atoms with Crippen LogP contribution in [0.4, 0.5) is 0 Å². The van der Waals surface area contributed by atoms with Gasteiger partial charge in [-0.05, 0) is 0 Å². The summed E-state index contributed by atoms with van der Waals surface area (Å²) in [7, 11) is 0. The van der Waals surface area contributed by atoms with Crippen LogP contribution in [0.3, 0.4) is 0 Å². The Morgan fingerprint density at radius 1 is 1.15 bits per heavy atom. The Morgan fingerprint density at radius 2 is 1.62 bits per heavy atom. The topological polar surface area (TPSA) is 0 Å². The monoisotopic (exact) mass is 423 g/mol. The molecule has 0 amide bonds. The quantitative estimate of drug-likeness (QED) is 0.561. The summed E-state index contributed by atoms with van der Waals surface area (Å²) >= 11 is 0. The molecule has 0 fully saturated rings. The van der Waals surface area contributed by atoms with Gasteiger partial charge in [-0.25, -0.2) is 0 Å². The van der Waals surface area contributed by atoms with E-state index in [9.17, 15) is 0 Å². The Hall–Kier alpha value is 1.01. The van der Waals surface area contributed by atoms with E-state index in [4.69, 9.17) is 0 Å². The molecular formula is C11H18WY-2. The van der Waals surface area contributed by atoms with Gasteiger partial charge < -0.3 is 7.43 Å². The van der Waals surface area contributed by atoms with Gasteiger partial charge in [0, 0.05) is 53.8 Å². The Balaban J connectivity index is -0.0000000761. The van der Waals surface area contributed by atoms with Crippen molar-refractivity contribution in [3.8, 4) is 0 Å². The van der Waals surface area contributed by atoms with Crippen LogP contribution in [0.1, 0.15) is 25.0 Å². The Labute approximate surface area is 123 Å². The average molecular weight is 423 g/mol. The summed E-state index contributed by atoms with van der Waals surface area (Å²) in [5.74, 6) is 0. The van der Waals surface area contributed by atoms with Crippen molar-refractivity contribution in [1.82, 2.24) is 0 Å². The minimum Gasteiger partial charge on any atom is -0.358 e. The summed E-state index contributed by atoms with van der Waals surface area (Å²) in [6.07, 6.45) is 0. The molecule has 0 unspecified atom stereocenters. The van der Waals surface area contributed by atoms with Gasteiger partial charge in [0.15, 0.2) is 0 Å². The minimum atomic E-state index is 0. The third kappa shape index (κ3) is 10.9. The molecule has 0 heterocycles. The van der Waals surface area contributed by atoms with Gasteiger partial charge in [-0.15, -0.1) is 0 Å². The first-order valence-corrected chi connectivity index (χ1v) is 3.74. The first kappa shape index (κ1) is 23.7. The molecule has 73 valence electrons. The third-order valence-corrected chi connectivity index (χ3v) is 1.33. The van der Waals surface area contributed by atoms with E-state index < -0.39 is 0 Å². The fourth-order valence-electron chi connectivity index (χ4n) is 0.604. The van der Waals surface area contributed by atoms with Gasteiger partial charge in [-0.2, -0.15) is 35.4 Å². The molecule has 0 bridgehead atoms. The van der Waals surface area contributed by atoms with Crippen LogP contribution in [0.2, 0.25) is 0 Å². The van der Waals surface area contributed by atoms with E-state index >= 15 is 0 Å². The SMILES string of the molecule is CC.Cc1[c-]cccc1C.[CH3-].[W].[Y]. The molecule has 0 spiro atoms. The van der Waals surface area contributed by atoms with Gasteiger partial charge in [-0.1, -0.05) is 27.7 Å². The zero-order chi connectivity index (χ0) is 7.98. The van der Waals surface area contributed by atoms with Crippen LogP contribution in [-0.2, 0) is 53.8 Å². The molecule has 0 atom stereocenters. The number of hydrogen-bond donors (Lipinski definition) is 0. The molecule has 1 rings (SSSR count). The number of benzene rings is 1. The predicted molar refractivity (Wildman–Crippen MR) is 52.5 cm³/mol. The smallest absolute Gasteiger partial charge is 0 e. The van der Waals surface area contributed by atoms with Crippen LogP contribution in [0.5, 0.6) is 0 Å². The van der Waals surface area contributed by atoms with Crippen molar-refractivity contribution >= 4 is 0 Å². The van der Waals surface area contributed by atoms with Crippen molar-refractivity contribution < 1.29 is 53.8 Å². The van der Waals surface area contributed by atoms with Crippen LogP contribution in [0.15, 0.2) is 18.2 Å². The van der Waals surface area contributed by atoms with Gasteiger partial charge in [0.2, 0.25) is 0 Å². The normalized spacial score (nSPS) is 6.15. The first-order valence-electron chi connectivity index (χ1n) is 3.74. The van der Waals surface area contributed by atoms with Crippen molar-refractivity contribution in [2.75, 3.05) is 0 Å². The minimum absolute atomic E-state index is 0. The van der Waals surface area contributed by atoms with Crippen molar-refractivity contribution in [2.24, 2.45) is 0 Å². The van der Waals surface area contributed by atoms with E-state index in [0.29, 0.717) is 0 Å². The van der Waals surface area contributed by atoms with E-state index in [0.717, 1.165) is 0 Å². The molecule has 13 heavy (non-hydrogen) atoms. The predicted octanol–water partition coefficient (Wildman–Crippen LogP) is 3.58. The molecule has 0 saturated carbocycles. The van der Waals surface area contributed by atoms with E-state index in [2.05, 4.69) is 26.0 Å². The van der Waals surface area contributed by atoms with Crippen LogP contribution in [0.25, 0.3) is 0 Å². The molecule has 0 aliphatic rings. The summed E-state index contributed by atoms with van der Waals surface area (Å²) in [5.41, 5.74) is 2.56. The molecule has 1 aromatic rings. The molecule has 2 heteroatoms. The Bertz CT molecular complexity index is 166. The zero-order valence-corrected chi connectivity index (χ0v) is 15.0. The van der Waals surface area contributed by atoms with Crippen LogP contribution >= 0.6 is 0 Å². The summed E-state index contributed by atoms with van der Waals surface area (Å²) in [6.45, 7) is 8.15. The van der Waals surface area contributed by atoms with Crippen molar-refractivity contribution in [2.45, 2.75) is 27.7 Å². The molecule has 1 radical (unpaired) electrons. The second-order valence-electron chi connectivity index (χ2n) is 1.98. The van der Waals surface area contributed by atoms with Gasteiger partial charge in [0.1, 0.15) is 0 Å². The molecule has 0 saturated heterocycles. The largest absolute Gasteiger partial charge is 0.358 e. The van der Waals surface area contributed by atoms with E-state index in [1.807, 2.05) is 26.0 Å². The van der Waals surface area contributed by atoms with E-state index in [-0.39, 0.29) is 61.2 Å². The molecule has 0 aliphatic carbocycles. The average Bonchev–Trinajstić information content (AvgIpc) is 2.00. The molecule has 0 nitrogen and oxygen atoms in total. The van der Waals surface area contributed by atoms with Crippen LogP contribution in [-0.4, -0.2) is 0 Å².